The van der Waals surface area contributed by atoms with E-state index in [1.165, 1.54) is 23.5 Å². The van der Waals surface area contributed by atoms with E-state index in [1.807, 2.05) is 5.38 Å². The van der Waals surface area contributed by atoms with Gasteiger partial charge in [0.1, 0.15) is 4.91 Å². The van der Waals surface area contributed by atoms with Gasteiger partial charge in [-0.2, -0.15) is 0 Å². The Kier molecular flexibility index (Phi) is 5.00. The largest absolute Gasteiger partial charge is 0.351 e. The number of carbonyl (C=O) groups excluding carboxylic acids is 2. The molecular weight excluding hydrogens is 360 g/mol. The van der Waals surface area contributed by atoms with Crippen LogP contribution in [0.3, 0.4) is 0 Å². The highest BCUT2D eigenvalue weighted by Gasteiger charge is 2.33. The van der Waals surface area contributed by atoms with Crippen LogP contribution in [0.15, 0.2) is 51.6 Å². The summed E-state index contributed by atoms with van der Waals surface area (Å²) in [5.74, 6) is -0.779. The number of nitrogens with one attached hydrogen (secondary N) is 2. The zero-order valence-electron chi connectivity index (χ0n) is 13.2. The number of carbonyl (C=O) groups is 2. The minimum atomic E-state index is -3.75. The summed E-state index contributed by atoms with van der Waals surface area (Å²) in [4.78, 5) is 24.5. The molecule has 0 saturated heterocycles. The molecule has 1 aliphatic heterocycles. The van der Waals surface area contributed by atoms with Crippen molar-refractivity contribution in [2.24, 2.45) is 0 Å². The van der Waals surface area contributed by atoms with Gasteiger partial charge < -0.3 is 10.6 Å². The van der Waals surface area contributed by atoms with Gasteiger partial charge >= 0.3 is 0 Å². The van der Waals surface area contributed by atoms with Crippen LogP contribution in [0.4, 0.5) is 0 Å². The molecule has 0 radical (unpaired) electrons. The first-order chi connectivity index (χ1) is 12.0. The fourth-order valence-electron chi connectivity index (χ4n) is 2.44. The molecule has 1 aliphatic rings. The van der Waals surface area contributed by atoms with Gasteiger partial charge in [-0.3, -0.25) is 9.59 Å². The Morgan fingerprint density at radius 2 is 1.68 bits per heavy atom. The Bertz CT molecular complexity index is 931. The Morgan fingerprint density at radius 3 is 2.36 bits per heavy atom. The number of hydrogen-bond donors (Lipinski definition) is 2. The average molecular weight is 376 g/mol. The van der Waals surface area contributed by atoms with Gasteiger partial charge in [0.2, 0.25) is 9.84 Å². The van der Waals surface area contributed by atoms with Crippen LogP contribution in [0, 0.1) is 0 Å². The maximum atomic E-state index is 12.4. The van der Waals surface area contributed by atoms with E-state index in [1.54, 1.807) is 30.3 Å². The van der Waals surface area contributed by atoms with Crippen LogP contribution in [-0.4, -0.2) is 33.3 Å². The molecule has 0 aliphatic carbocycles. The first-order valence-electron chi connectivity index (χ1n) is 7.66. The van der Waals surface area contributed by atoms with Crippen LogP contribution in [0.5, 0.6) is 0 Å². The van der Waals surface area contributed by atoms with Crippen molar-refractivity contribution in [3.63, 3.8) is 0 Å². The molecule has 3 rings (SSSR count). The summed E-state index contributed by atoms with van der Waals surface area (Å²) < 4.78 is 24.7. The molecule has 2 aromatic rings. The van der Waals surface area contributed by atoms with Gasteiger partial charge in [0, 0.05) is 13.1 Å². The second kappa shape index (κ2) is 7.20. The number of amides is 2. The molecule has 0 saturated carbocycles. The van der Waals surface area contributed by atoms with Gasteiger partial charge in [-0.15, -0.1) is 11.3 Å². The van der Waals surface area contributed by atoms with Crippen LogP contribution >= 0.6 is 11.3 Å². The molecule has 0 atom stereocenters. The second-order valence-electron chi connectivity index (χ2n) is 5.39. The number of fused-ring (bicyclic) bond motifs is 1. The van der Waals surface area contributed by atoms with E-state index in [0.717, 1.165) is 0 Å². The van der Waals surface area contributed by atoms with E-state index in [-0.39, 0.29) is 22.3 Å². The fraction of sp³-hybridized carbons (Fsp3) is 0.176. The zero-order chi connectivity index (χ0) is 17.9. The number of benzene rings is 1. The van der Waals surface area contributed by atoms with Crippen molar-refractivity contribution in [2.75, 3.05) is 13.1 Å². The standard InChI is InChI=1S/C17H16N2O4S2/c20-16(13-6-3-10-24-13)18-8-4-9-19-17(21)15-11-12-5-1-2-7-14(12)25(15,22)23/h1-3,5-7,10-11H,4,8-9H2,(H,18,20)(H,19,21). The minimum Gasteiger partial charge on any atom is -0.351 e. The smallest absolute Gasteiger partial charge is 0.263 e. The van der Waals surface area contributed by atoms with Crippen LogP contribution in [0.1, 0.15) is 21.7 Å². The summed E-state index contributed by atoms with van der Waals surface area (Å²) in [5, 5.41) is 7.16. The normalized spacial score (nSPS) is 14.5. The van der Waals surface area contributed by atoms with E-state index in [9.17, 15) is 18.0 Å². The van der Waals surface area contributed by atoms with Crippen LogP contribution in [-0.2, 0) is 14.6 Å². The van der Waals surface area contributed by atoms with Crippen molar-refractivity contribution < 1.29 is 18.0 Å². The Labute approximate surface area is 149 Å². The van der Waals surface area contributed by atoms with Gasteiger partial charge in [-0.25, -0.2) is 8.42 Å². The van der Waals surface area contributed by atoms with E-state index >= 15 is 0 Å². The maximum Gasteiger partial charge on any atom is 0.263 e. The molecule has 2 amide bonds. The topological polar surface area (TPSA) is 92.3 Å². The highest BCUT2D eigenvalue weighted by Crippen LogP contribution is 2.32. The molecule has 2 N–H and O–H groups in total. The SMILES string of the molecule is O=C(NCCCNC(=O)c1cccs1)C1=Cc2ccccc2S1(=O)=O. The van der Waals surface area contributed by atoms with Crippen molar-refractivity contribution in [1.82, 2.24) is 10.6 Å². The van der Waals surface area contributed by atoms with Gasteiger partial charge in [0.25, 0.3) is 11.8 Å². The third-order valence-corrected chi connectivity index (χ3v) is 6.38. The van der Waals surface area contributed by atoms with Gasteiger partial charge in [0.15, 0.2) is 0 Å². The van der Waals surface area contributed by atoms with Crippen LogP contribution in [0.25, 0.3) is 6.08 Å². The number of sulfone groups is 1. The molecule has 1 aromatic heterocycles. The molecule has 130 valence electrons. The van der Waals surface area contributed by atoms with Gasteiger partial charge in [0.05, 0.1) is 9.77 Å². The molecule has 6 nitrogen and oxygen atoms in total. The van der Waals surface area contributed by atoms with Gasteiger partial charge in [-0.1, -0.05) is 24.3 Å². The lowest BCUT2D eigenvalue weighted by molar-refractivity contribution is -0.116. The van der Waals surface area contributed by atoms with Crippen LogP contribution in [0.2, 0.25) is 0 Å². The first kappa shape index (κ1) is 17.4. The van der Waals surface area contributed by atoms with Crippen molar-refractivity contribution in [3.05, 3.63) is 57.1 Å². The van der Waals surface area contributed by atoms with Crippen molar-refractivity contribution in [3.8, 4) is 0 Å². The predicted octanol–water partition coefficient (Wildman–Crippen LogP) is 1.81. The lowest BCUT2D eigenvalue weighted by Gasteiger charge is -2.07. The summed E-state index contributed by atoms with van der Waals surface area (Å²) in [7, 11) is -3.75. The fourth-order valence-corrected chi connectivity index (χ4v) is 4.61. The highest BCUT2D eigenvalue weighted by atomic mass is 32.2. The predicted molar refractivity (Wildman–Crippen MR) is 95.9 cm³/mol. The number of rotatable bonds is 6. The van der Waals surface area contributed by atoms with E-state index in [4.69, 9.17) is 0 Å². The maximum absolute atomic E-state index is 12.4. The number of thiophene rings is 1. The summed E-state index contributed by atoms with van der Waals surface area (Å²) in [6.07, 6.45) is 1.89. The summed E-state index contributed by atoms with van der Waals surface area (Å²) in [5.41, 5.74) is 0.524. The Balaban J connectivity index is 1.48. The lowest BCUT2D eigenvalue weighted by Crippen LogP contribution is -2.31. The molecule has 0 bridgehead atoms. The molecule has 1 aromatic carbocycles. The summed E-state index contributed by atoms with van der Waals surface area (Å²) in [6, 6.07) is 10.0. The number of hydrogen-bond acceptors (Lipinski definition) is 5. The van der Waals surface area contributed by atoms with Crippen molar-refractivity contribution in [2.45, 2.75) is 11.3 Å². The molecule has 0 fully saturated rings. The van der Waals surface area contributed by atoms with E-state index in [0.29, 0.717) is 23.4 Å². The average Bonchev–Trinajstić information content (AvgIpc) is 3.21. The highest BCUT2D eigenvalue weighted by molar-refractivity contribution is 7.96. The zero-order valence-corrected chi connectivity index (χ0v) is 14.8. The van der Waals surface area contributed by atoms with Crippen molar-refractivity contribution in [1.29, 1.82) is 0 Å². The lowest BCUT2D eigenvalue weighted by atomic mass is 10.2. The minimum absolute atomic E-state index is 0.155. The molecule has 8 heteroatoms. The quantitative estimate of drug-likeness (QED) is 0.752. The van der Waals surface area contributed by atoms with Crippen LogP contribution < -0.4 is 10.6 Å². The Hall–Kier alpha value is -2.45. The molecule has 0 spiro atoms. The van der Waals surface area contributed by atoms with E-state index < -0.39 is 15.7 Å². The second-order valence-corrected chi connectivity index (χ2v) is 8.23. The summed E-state index contributed by atoms with van der Waals surface area (Å²) >= 11 is 1.35. The van der Waals surface area contributed by atoms with E-state index in [2.05, 4.69) is 10.6 Å². The van der Waals surface area contributed by atoms with Crippen molar-refractivity contribution >= 4 is 39.1 Å². The monoisotopic (exact) mass is 376 g/mol. The van der Waals surface area contributed by atoms with Gasteiger partial charge in [-0.05, 0) is 35.6 Å². The third-order valence-electron chi connectivity index (χ3n) is 3.68. The molecule has 2 heterocycles. The molecule has 25 heavy (non-hydrogen) atoms. The molecule has 0 unspecified atom stereocenters. The Morgan fingerprint density at radius 1 is 0.960 bits per heavy atom. The summed E-state index contributed by atoms with van der Waals surface area (Å²) in [6.45, 7) is 0.662. The molecular formula is C17H16N2O4S2. The third kappa shape index (κ3) is 3.64. The first-order valence-corrected chi connectivity index (χ1v) is 10.0.